The Hall–Kier alpha value is -1.23. The van der Waals surface area contributed by atoms with Crippen molar-refractivity contribution < 1.29 is 19.4 Å². The molecule has 15 heavy (non-hydrogen) atoms. The Balaban J connectivity index is 2.44. The lowest BCUT2D eigenvalue weighted by Crippen LogP contribution is -2.34. The summed E-state index contributed by atoms with van der Waals surface area (Å²) in [5.74, 6) is -1.39. The Morgan fingerprint density at radius 3 is 2.87 bits per heavy atom. The Labute approximate surface area is 92.0 Å². The van der Waals surface area contributed by atoms with E-state index in [1.54, 1.807) is 5.41 Å². The van der Waals surface area contributed by atoms with Crippen LogP contribution in [0.2, 0.25) is 0 Å². The average Bonchev–Trinajstić information content (AvgIpc) is 2.67. The summed E-state index contributed by atoms with van der Waals surface area (Å²) in [4.78, 5) is 21.8. The molecule has 0 aromatic carbocycles. The topological polar surface area (TPSA) is 63.6 Å². The van der Waals surface area contributed by atoms with E-state index in [1.165, 1.54) is 11.8 Å². The Morgan fingerprint density at radius 1 is 1.67 bits per heavy atom. The summed E-state index contributed by atoms with van der Waals surface area (Å²) in [6.45, 7) is 3.36. The first-order chi connectivity index (χ1) is 7.10. The number of rotatable bonds is 5. The molecule has 0 amide bonds. The summed E-state index contributed by atoms with van der Waals surface area (Å²) in [5.41, 5.74) is 0. The van der Waals surface area contributed by atoms with Crippen molar-refractivity contribution in [3.8, 4) is 0 Å². The average molecular weight is 228 g/mol. The zero-order chi connectivity index (χ0) is 11.3. The van der Waals surface area contributed by atoms with Crippen LogP contribution < -0.4 is 0 Å². The minimum atomic E-state index is -0.868. The zero-order valence-corrected chi connectivity index (χ0v) is 8.96. The van der Waals surface area contributed by atoms with E-state index < -0.39 is 16.7 Å². The van der Waals surface area contributed by atoms with Crippen LogP contribution in [0.5, 0.6) is 0 Å². The summed E-state index contributed by atoms with van der Waals surface area (Å²) in [6, 6.07) is 0. The quantitative estimate of drug-likeness (QED) is 0.571. The summed E-state index contributed by atoms with van der Waals surface area (Å²) in [5, 5.41) is 10.8. The molecule has 1 aliphatic rings. The molecule has 0 aliphatic carbocycles. The fourth-order valence-corrected chi connectivity index (χ4v) is 2.19. The van der Waals surface area contributed by atoms with Crippen LogP contribution in [0.1, 0.15) is 12.8 Å². The number of esters is 1. The number of carbonyl (C=O) groups excluding carboxylic acids is 1. The highest BCUT2D eigenvalue weighted by atomic mass is 32.2. The number of allylic oxidation sites excluding steroid dienone is 1. The van der Waals surface area contributed by atoms with Gasteiger partial charge in [0.05, 0.1) is 6.61 Å². The van der Waals surface area contributed by atoms with Crippen LogP contribution >= 0.6 is 11.8 Å². The van der Waals surface area contributed by atoms with E-state index in [1.807, 2.05) is 6.08 Å². The molecule has 1 N–H and O–H groups in total. The normalized spacial score (nSPS) is 23.7. The molecule has 82 valence electrons. The molecule has 1 rings (SSSR count). The van der Waals surface area contributed by atoms with Crippen LogP contribution in [0, 0.1) is 0 Å². The second-order valence-electron chi connectivity index (χ2n) is 3.11. The Bertz CT molecular complexity index is 301. The van der Waals surface area contributed by atoms with Gasteiger partial charge in [-0.2, -0.15) is 0 Å². The zero-order valence-electron chi connectivity index (χ0n) is 8.14. The fraction of sp³-hybridized carbons (Fsp3) is 0.400. The van der Waals surface area contributed by atoms with Gasteiger partial charge in [0.1, 0.15) is 4.75 Å². The highest BCUT2D eigenvalue weighted by Crippen LogP contribution is 2.39. The smallest absolute Gasteiger partial charge is 0.330 e. The predicted molar refractivity (Wildman–Crippen MR) is 57.5 cm³/mol. The summed E-state index contributed by atoms with van der Waals surface area (Å²) < 4.78 is 3.91. The van der Waals surface area contributed by atoms with Crippen LogP contribution in [0.4, 0.5) is 0 Å². The van der Waals surface area contributed by atoms with Gasteiger partial charge < -0.3 is 9.84 Å². The molecule has 4 nitrogen and oxygen atoms in total. The molecular formula is C10H12O4S. The molecule has 0 radical (unpaired) electrons. The first-order valence-corrected chi connectivity index (χ1v) is 5.34. The van der Waals surface area contributed by atoms with E-state index in [9.17, 15) is 9.59 Å². The highest BCUT2D eigenvalue weighted by molar-refractivity contribution is 8.04. The van der Waals surface area contributed by atoms with Crippen molar-refractivity contribution in [2.24, 2.45) is 0 Å². The van der Waals surface area contributed by atoms with Gasteiger partial charge in [-0.1, -0.05) is 12.7 Å². The molecule has 1 atom stereocenters. The van der Waals surface area contributed by atoms with Gasteiger partial charge in [-0.05, 0) is 11.8 Å². The van der Waals surface area contributed by atoms with Gasteiger partial charge in [0, 0.05) is 12.5 Å². The van der Waals surface area contributed by atoms with E-state index in [0.717, 1.165) is 6.08 Å². The maximum absolute atomic E-state index is 11.0. The molecule has 1 unspecified atom stereocenters. The summed E-state index contributed by atoms with van der Waals surface area (Å²) in [6.07, 6.45) is 3.65. The van der Waals surface area contributed by atoms with E-state index in [4.69, 9.17) is 9.84 Å². The lowest BCUT2D eigenvalue weighted by Gasteiger charge is -2.22. The molecular weight excluding hydrogens is 216 g/mol. The van der Waals surface area contributed by atoms with Crippen molar-refractivity contribution in [3.05, 3.63) is 24.1 Å². The molecule has 0 saturated carbocycles. The van der Waals surface area contributed by atoms with E-state index in [2.05, 4.69) is 6.58 Å². The molecule has 5 heteroatoms. The third kappa shape index (κ3) is 2.86. The number of carboxylic acids is 1. The Morgan fingerprint density at radius 2 is 2.40 bits per heavy atom. The molecule has 0 aromatic rings. The number of ether oxygens (including phenoxy) is 1. The summed E-state index contributed by atoms with van der Waals surface area (Å²) in [7, 11) is 0. The second-order valence-corrected chi connectivity index (χ2v) is 4.40. The van der Waals surface area contributed by atoms with Crippen molar-refractivity contribution in [3.63, 3.8) is 0 Å². The molecule has 0 spiro atoms. The number of hydrogen-bond acceptors (Lipinski definition) is 4. The van der Waals surface area contributed by atoms with Crippen molar-refractivity contribution >= 4 is 23.7 Å². The maximum atomic E-state index is 11.0. The number of aliphatic carboxylic acids is 1. The van der Waals surface area contributed by atoms with Gasteiger partial charge in [-0.3, -0.25) is 4.79 Å². The third-order valence-corrected chi connectivity index (χ3v) is 3.47. The predicted octanol–water partition coefficient (Wildman–Crippen LogP) is 1.58. The van der Waals surface area contributed by atoms with Gasteiger partial charge in [0.2, 0.25) is 0 Å². The number of carbonyl (C=O) groups is 2. The van der Waals surface area contributed by atoms with E-state index >= 15 is 0 Å². The minimum absolute atomic E-state index is 0.103. The van der Waals surface area contributed by atoms with Gasteiger partial charge in [0.25, 0.3) is 0 Å². The molecule has 1 aliphatic heterocycles. The van der Waals surface area contributed by atoms with Crippen LogP contribution in [0.25, 0.3) is 0 Å². The largest absolute Gasteiger partial charge is 0.480 e. The lowest BCUT2D eigenvalue weighted by atomic mass is 10.0. The lowest BCUT2D eigenvalue weighted by molar-refractivity contribution is -0.143. The van der Waals surface area contributed by atoms with Crippen molar-refractivity contribution in [2.75, 3.05) is 6.61 Å². The summed E-state index contributed by atoms with van der Waals surface area (Å²) >= 11 is 1.26. The first kappa shape index (κ1) is 11.8. The van der Waals surface area contributed by atoms with Crippen LogP contribution in [0.15, 0.2) is 24.1 Å². The minimum Gasteiger partial charge on any atom is -0.480 e. The van der Waals surface area contributed by atoms with Gasteiger partial charge >= 0.3 is 11.9 Å². The van der Waals surface area contributed by atoms with E-state index in [-0.39, 0.29) is 6.61 Å². The molecule has 0 saturated heterocycles. The number of thioether (sulfide) groups is 1. The van der Waals surface area contributed by atoms with Gasteiger partial charge in [-0.25, -0.2) is 4.79 Å². The van der Waals surface area contributed by atoms with Crippen LogP contribution in [-0.4, -0.2) is 28.4 Å². The third-order valence-electron chi connectivity index (χ3n) is 2.14. The maximum Gasteiger partial charge on any atom is 0.330 e. The van der Waals surface area contributed by atoms with Gasteiger partial charge in [0.15, 0.2) is 0 Å². The van der Waals surface area contributed by atoms with E-state index in [0.29, 0.717) is 12.8 Å². The second kappa shape index (κ2) is 5.02. The van der Waals surface area contributed by atoms with Crippen molar-refractivity contribution in [1.82, 2.24) is 0 Å². The highest BCUT2D eigenvalue weighted by Gasteiger charge is 2.39. The van der Waals surface area contributed by atoms with Crippen molar-refractivity contribution in [1.29, 1.82) is 0 Å². The number of carboxylic acid groups (broad SMARTS) is 1. The van der Waals surface area contributed by atoms with Crippen molar-refractivity contribution in [2.45, 2.75) is 17.6 Å². The monoisotopic (exact) mass is 228 g/mol. The van der Waals surface area contributed by atoms with Crippen LogP contribution in [0.3, 0.4) is 0 Å². The standard InChI is InChI=1S/C10H12O4S/c1-2-8(11)14-6-5-10(9(12)13)4-3-7-15-10/h2-3,7H,1,4-6H2,(H,12,13). The first-order valence-electron chi connectivity index (χ1n) is 4.46. The Kier molecular flexibility index (Phi) is 3.96. The molecule has 0 fully saturated rings. The SMILES string of the molecule is C=CC(=O)OCCC1(C(=O)O)CC=CS1. The molecule has 0 aromatic heterocycles. The fourth-order valence-electron chi connectivity index (χ4n) is 1.25. The van der Waals surface area contributed by atoms with Gasteiger partial charge in [-0.15, -0.1) is 11.8 Å². The number of hydrogen-bond donors (Lipinski definition) is 1. The molecule has 0 bridgehead atoms. The van der Waals surface area contributed by atoms with Crippen LogP contribution in [-0.2, 0) is 14.3 Å². The molecule has 1 heterocycles.